The van der Waals surface area contributed by atoms with E-state index in [2.05, 4.69) is 26.2 Å². The van der Waals surface area contributed by atoms with Gasteiger partial charge in [-0.25, -0.2) is 4.98 Å². The molecule has 4 heteroatoms. The Morgan fingerprint density at radius 2 is 2.40 bits per heavy atom. The zero-order valence-corrected chi connectivity index (χ0v) is 9.96. The minimum absolute atomic E-state index is 0.0399. The third-order valence-corrected chi connectivity index (χ3v) is 3.41. The summed E-state index contributed by atoms with van der Waals surface area (Å²) in [5, 5.41) is 2.93. The maximum atomic E-state index is 11.7. The fourth-order valence-corrected chi connectivity index (χ4v) is 2.02. The number of carbonyl (C=O) groups excluding carboxylic acids is 1. The molecule has 15 heavy (non-hydrogen) atoms. The lowest BCUT2D eigenvalue weighted by molar-refractivity contribution is 0.0938. The van der Waals surface area contributed by atoms with Crippen LogP contribution in [0, 0.1) is 5.92 Å². The van der Waals surface area contributed by atoms with E-state index in [4.69, 9.17) is 0 Å². The molecule has 0 aromatic carbocycles. The predicted molar refractivity (Wildman–Crippen MR) is 61.6 cm³/mol. The fourth-order valence-electron chi connectivity index (χ4n) is 1.58. The summed E-state index contributed by atoms with van der Waals surface area (Å²) in [5.41, 5.74) is 0.608. The molecule has 80 valence electrons. The van der Waals surface area contributed by atoms with Crippen LogP contribution in [0.3, 0.4) is 0 Å². The number of nitrogens with one attached hydrogen (secondary N) is 1. The first-order chi connectivity index (χ1) is 7.27. The van der Waals surface area contributed by atoms with E-state index in [0.29, 0.717) is 16.1 Å². The zero-order chi connectivity index (χ0) is 10.7. The topological polar surface area (TPSA) is 42.0 Å². The van der Waals surface area contributed by atoms with Crippen LogP contribution in [0.15, 0.2) is 22.9 Å². The second kappa shape index (κ2) is 4.75. The van der Waals surface area contributed by atoms with E-state index in [-0.39, 0.29) is 5.91 Å². The molecule has 0 radical (unpaired) electrons. The average molecular weight is 269 g/mol. The summed E-state index contributed by atoms with van der Waals surface area (Å²) in [7, 11) is 0. The summed E-state index contributed by atoms with van der Waals surface area (Å²) in [6.07, 6.45) is 5.45. The molecule has 1 aromatic heterocycles. The Labute approximate surface area is 97.4 Å². The van der Waals surface area contributed by atoms with E-state index in [9.17, 15) is 4.79 Å². The Morgan fingerprint density at radius 1 is 1.60 bits per heavy atom. The molecule has 1 aliphatic carbocycles. The second-order valence-electron chi connectivity index (χ2n) is 3.85. The van der Waals surface area contributed by atoms with Gasteiger partial charge in [0.25, 0.3) is 5.91 Å². The van der Waals surface area contributed by atoms with E-state index in [1.165, 1.54) is 19.3 Å². The Kier molecular flexibility index (Phi) is 3.36. The van der Waals surface area contributed by atoms with Gasteiger partial charge in [0.2, 0.25) is 0 Å². The van der Waals surface area contributed by atoms with Gasteiger partial charge in [-0.3, -0.25) is 4.79 Å². The highest BCUT2D eigenvalue weighted by Gasteiger charge is 2.18. The normalized spacial score (nSPS) is 15.8. The van der Waals surface area contributed by atoms with Crippen molar-refractivity contribution in [2.75, 3.05) is 6.54 Å². The molecule has 0 unspecified atom stereocenters. The lowest BCUT2D eigenvalue weighted by atomic mass is 9.85. The largest absolute Gasteiger partial charge is 0.352 e. The fraction of sp³-hybridized carbons (Fsp3) is 0.455. The quantitative estimate of drug-likeness (QED) is 0.856. The number of amides is 1. The minimum atomic E-state index is -0.0399. The highest BCUT2D eigenvalue weighted by Crippen LogP contribution is 2.25. The number of pyridine rings is 1. The molecule has 1 aliphatic rings. The highest BCUT2D eigenvalue weighted by molar-refractivity contribution is 9.10. The van der Waals surface area contributed by atoms with Crippen LogP contribution >= 0.6 is 15.9 Å². The number of hydrogen-bond donors (Lipinski definition) is 1. The lowest BCUT2D eigenvalue weighted by Crippen LogP contribution is -2.32. The van der Waals surface area contributed by atoms with Gasteiger partial charge in [0.15, 0.2) is 0 Å². The SMILES string of the molecule is O=C(NCC1CCC1)c1cccnc1Br. The number of halogens is 1. The second-order valence-corrected chi connectivity index (χ2v) is 4.60. The van der Waals surface area contributed by atoms with Crippen LogP contribution in [0.1, 0.15) is 29.6 Å². The summed E-state index contributed by atoms with van der Waals surface area (Å²) in [6, 6.07) is 3.54. The summed E-state index contributed by atoms with van der Waals surface area (Å²) in [4.78, 5) is 15.7. The molecule has 1 fully saturated rings. The third kappa shape index (κ3) is 2.56. The summed E-state index contributed by atoms with van der Waals surface area (Å²) < 4.78 is 0.608. The molecule has 1 heterocycles. The molecule has 0 bridgehead atoms. The average Bonchev–Trinajstić information content (AvgIpc) is 2.16. The standard InChI is InChI=1S/C11H13BrN2O/c12-10-9(5-2-6-13-10)11(15)14-7-8-3-1-4-8/h2,5-6,8H,1,3-4,7H2,(H,14,15). The van der Waals surface area contributed by atoms with Gasteiger partial charge in [0.1, 0.15) is 4.60 Å². The van der Waals surface area contributed by atoms with Crippen molar-refractivity contribution < 1.29 is 4.79 Å². The molecule has 1 amide bonds. The van der Waals surface area contributed by atoms with Gasteiger partial charge >= 0.3 is 0 Å². The monoisotopic (exact) mass is 268 g/mol. The van der Waals surface area contributed by atoms with E-state index in [0.717, 1.165) is 6.54 Å². The maximum Gasteiger partial charge on any atom is 0.254 e. The number of carbonyl (C=O) groups is 1. The summed E-state index contributed by atoms with van der Waals surface area (Å²) in [6.45, 7) is 0.792. The zero-order valence-electron chi connectivity index (χ0n) is 8.37. The molecule has 0 spiro atoms. The van der Waals surface area contributed by atoms with Gasteiger partial charge in [-0.15, -0.1) is 0 Å². The maximum absolute atomic E-state index is 11.7. The van der Waals surface area contributed by atoms with Gasteiger partial charge in [0.05, 0.1) is 5.56 Å². The first-order valence-corrected chi connectivity index (χ1v) is 5.95. The molecule has 0 aliphatic heterocycles. The van der Waals surface area contributed by atoms with Crippen molar-refractivity contribution in [3.63, 3.8) is 0 Å². The molecule has 2 rings (SSSR count). The van der Waals surface area contributed by atoms with Crippen molar-refractivity contribution in [2.45, 2.75) is 19.3 Å². The van der Waals surface area contributed by atoms with Crippen LogP contribution in [0.4, 0.5) is 0 Å². The van der Waals surface area contributed by atoms with Crippen molar-refractivity contribution in [1.82, 2.24) is 10.3 Å². The van der Waals surface area contributed by atoms with Crippen molar-refractivity contribution in [1.29, 1.82) is 0 Å². The Balaban J connectivity index is 1.92. The molecule has 1 saturated carbocycles. The van der Waals surface area contributed by atoms with E-state index < -0.39 is 0 Å². The molecule has 0 atom stereocenters. The summed E-state index contributed by atoms with van der Waals surface area (Å²) >= 11 is 3.26. The highest BCUT2D eigenvalue weighted by atomic mass is 79.9. The Morgan fingerprint density at radius 3 is 3.00 bits per heavy atom. The van der Waals surface area contributed by atoms with E-state index in [1.807, 2.05) is 0 Å². The van der Waals surface area contributed by atoms with Gasteiger partial charge < -0.3 is 5.32 Å². The van der Waals surface area contributed by atoms with Gasteiger partial charge in [-0.05, 0) is 46.8 Å². The van der Waals surface area contributed by atoms with E-state index >= 15 is 0 Å². The third-order valence-electron chi connectivity index (χ3n) is 2.78. The molecule has 1 aromatic rings. The predicted octanol–water partition coefficient (Wildman–Crippen LogP) is 2.37. The Hall–Kier alpha value is -0.900. The van der Waals surface area contributed by atoms with E-state index in [1.54, 1.807) is 18.3 Å². The first-order valence-electron chi connectivity index (χ1n) is 5.16. The number of rotatable bonds is 3. The number of hydrogen-bond acceptors (Lipinski definition) is 2. The van der Waals surface area contributed by atoms with Crippen LogP contribution in [0.25, 0.3) is 0 Å². The van der Waals surface area contributed by atoms with Crippen LogP contribution in [-0.4, -0.2) is 17.4 Å². The van der Waals surface area contributed by atoms with Crippen molar-refractivity contribution >= 4 is 21.8 Å². The minimum Gasteiger partial charge on any atom is -0.352 e. The van der Waals surface area contributed by atoms with Crippen molar-refractivity contribution in [3.05, 3.63) is 28.5 Å². The molecule has 3 nitrogen and oxygen atoms in total. The molecular weight excluding hydrogens is 256 g/mol. The first kappa shape index (κ1) is 10.6. The molecule has 1 N–H and O–H groups in total. The molecular formula is C11H13BrN2O. The smallest absolute Gasteiger partial charge is 0.254 e. The van der Waals surface area contributed by atoms with Gasteiger partial charge in [-0.1, -0.05) is 6.42 Å². The van der Waals surface area contributed by atoms with Crippen LogP contribution in [-0.2, 0) is 0 Å². The van der Waals surface area contributed by atoms with Crippen LogP contribution in [0.2, 0.25) is 0 Å². The summed E-state index contributed by atoms with van der Waals surface area (Å²) in [5.74, 6) is 0.645. The van der Waals surface area contributed by atoms with Crippen LogP contribution < -0.4 is 5.32 Å². The van der Waals surface area contributed by atoms with Crippen LogP contribution in [0.5, 0.6) is 0 Å². The van der Waals surface area contributed by atoms with Gasteiger partial charge in [0, 0.05) is 12.7 Å². The molecule has 0 saturated heterocycles. The lowest BCUT2D eigenvalue weighted by Gasteiger charge is -2.25. The number of aromatic nitrogens is 1. The van der Waals surface area contributed by atoms with Gasteiger partial charge in [-0.2, -0.15) is 0 Å². The van der Waals surface area contributed by atoms with Crippen molar-refractivity contribution in [3.8, 4) is 0 Å². The van der Waals surface area contributed by atoms with Crippen molar-refractivity contribution in [2.24, 2.45) is 5.92 Å². The Bertz CT molecular complexity index is 363. The number of nitrogens with zero attached hydrogens (tertiary/aromatic N) is 1.